The predicted octanol–water partition coefficient (Wildman–Crippen LogP) is 3.48. The van der Waals surface area contributed by atoms with Gasteiger partial charge in [0.15, 0.2) is 0 Å². The van der Waals surface area contributed by atoms with Gasteiger partial charge in [-0.25, -0.2) is 4.98 Å². The van der Waals surface area contributed by atoms with Gasteiger partial charge in [0.25, 0.3) is 0 Å². The number of rotatable bonds is 4. The highest BCUT2D eigenvalue weighted by atomic mass is 127. The Bertz CT molecular complexity index is 496. The van der Waals surface area contributed by atoms with E-state index in [1.165, 1.54) is 3.57 Å². The average molecular weight is 377 g/mol. The highest BCUT2D eigenvalue weighted by Gasteiger charge is 2.15. The van der Waals surface area contributed by atoms with Crippen molar-refractivity contribution < 1.29 is 4.79 Å². The predicted molar refractivity (Wildman–Crippen MR) is 82.1 cm³/mol. The summed E-state index contributed by atoms with van der Waals surface area (Å²) in [7, 11) is 0. The minimum atomic E-state index is 0. The SMILES string of the molecule is CC(=O)CC(c1ccc(I)cc1)n1ccnc1.Cl. The van der Waals surface area contributed by atoms with E-state index in [2.05, 4.69) is 51.8 Å². The van der Waals surface area contributed by atoms with Gasteiger partial charge in [0.05, 0.1) is 12.4 Å². The molecule has 0 radical (unpaired) electrons. The molecule has 1 atom stereocenters. The highest BCUT2D eigenvalue weighted by Crippen LogP contribution is 2.22. The molecule has 0 aliphatic rings. The first-order valence-corrected chi connectivity index (χ1v) is 6.47. The third-order valence-electron chi connectivity index (χ3n) is 2.62. The van der Waals surface area contributed by atoms with E-state index < -0.39 is 0 Å². The van der Waals surface area contributed by atoms with E-state index in [1.54, 1.807) is 19.4 Å². The molecule has 0 aliphatic carbocycles. The zero-order valence-electron chi connectivity index (χ0n) is 9.91. The van der Waals surface area contributed by atoms with Gasteiger partial charge in [-0.15, -0.1) is 12.4 Å². The fourth-order valence-corrected chi connectivity index (χ4v) is 2.17. The summed E-state index contributed by atoms with van der Waals surface area (Å²) in [6, 6.07) is 8.29. The van der Waals surface area contributed by atoms with Gasteiger partial charge in [0, 0.05) is 22.4 Å². The standard InChI is InChI=1S/C13H13IN2O.ClH/c1-10(17)8-13(16-7-6-15-9-16)11-2-4-12(14)5-3-11;/h2-7,9,13H,8H2,1H3;1H. The molecule has 0 saturated carbocycles. The second-order valence-electron chi connectivity index (χ2n) is 3.98. The number of imidazole rings is 1. The summed E-state index contributed by atoms with van der Waals surface area (Å²) in [5, 5.41) is 0. The molecule has 0 N–H and O–H groups in total. The maximum Gasteiger partial charge on any atom is 0.132 e. The van der Waals surface area contributed by atoms with Crippen molar-refractivity contribution in [2.45, 2.75) is 19.4 Å². The van der Waals surface area contributed by atoms with Crippen molar-refractivity contribution in [2.24, 2.45) is 0 Å². The largest absolute Gasteiger partial charge is 0.330 e. The third kappa shape index (κ3) is 3.81. The first kappa shape index (κ1) is 15.2. The maximum absolute atomic E-state index is 11.4. The molecule has 2 rings (SSSR count). The number of hydrogen-bond acceptors (Lipinski definition) is 2. The van der Waals surface area contributed by atoms with E-state index >= 15 is 0 Å². The van der Waals surface area contributed by atoms with Crippen molar-refractivity contribution in [2.75, 3.05) is 0 Å². The van der Waals surface area contributed by atoms with Gasteiger partial charge < -0.3 is 4.57 Å². The second kappa shape index (κ2) is 6.89. The summed E-state index contributed by atoms with van der Waals surface area (Å²) >= 11 is 2.27. The zero-order valence-corrected chi connectivity index (χ0v) is 12.9. The number of nitrogens with zero attached hydrogens (tertiary/aromatic N) is 2. The Labute approximate surface area is 126 Å². The van der Waals surface area contributed by atoms with Gasteiger partial charge in [-0.1, -0.05) is 12.1 Å². The smallest absolute Gasteiger partial charge is 0.132 e. The van der Waals surface area contributed by atoms with E-state index in [0.717, 1.165) is 5.56 Å². The van der Waals surface area contributed by atoms with Gasteiger partial charge in [-0.05, 0) is 47.2 Å². The molecular weight excluding hydrogens is 363 g/mol. The van der Waals surface area contributed by atoms with Gasteiger partial charge in [0.2, 0.25) is 0 Å². The Balaban J connectivity index is 0.00000162. The monoisotopic (exact) mass is 376 g/mol. The molecule has 0 fully saturated rings. The Morgan fingerprint density at radius 2 is 2.06 bits per heavy atom. The minimum Gasteiger partial charge on any atom is -0.330 e. The maximum atomic E-state index is 11.4. The molecule has 1 unspecified atom stereocenters. The molecule has 0 amide bonds. The van der Waals surface area contributed by atoms with Crippen molar-refractivity contribution in [3.63, 3.8) is 0 Å². The van der Waals surface area contributed by atoms with Crippen LogP contribution in [0.4, 0.5) is 0 Å². The number of carbonyl (C=O) groups is 1. The van der Waals surface area contributed by atoms with Crippen LogP contribution in [0.25, 0.3) is 0 Å². The van der Waals surface area contributed by atoms with Gasteiger partial charge >= 0.3 is 0 Å². The Morgan fingerprint density at radius 1 is 1.39 bits per heavy atom. The van der Waals surface area contributed by atoms with Gasteiger partial charge in [0.1, 0.15) is 5.78 Å². The molecule has 0 bridgehead atoms. The van der Waals surface area contributed by atoms with Crippen LogP contribution in [-0.2, 0) is 4.79 Å². The molecule has 2 aromatic rings. The van der Waals surface area contributed by atoms with Crippen LogP contribution < -0.4 is 0 Å². The molecule has 0 saturated heterocycles. The lowest BCUT2D eigenvalue weighted by Gasteiger charge is -2.17. The summed E-state index contributed by atoms with van der Waals surface area (Å²) in [4.78, 5) is 15.4. The summed E-state index contributed by atoms with van der Waals surface area (Å²) in [5.41, 5.74) is 1.14. The fraction of sp³-hybridized carbons (Fsp3) is 0.231. The fourth-order valence-electron chi connectivity index (χ4n) is 1.81. The van der Waals surface area contributed by atoms with Crippen LogP contribution in [0.2, 0.25) is 0 Å². The van der Waals surface area contributed by atoms with Crippen LogP contribution in [0.3, 0.4) is 0 Å². The molecule has 3 nitrogen and oxygen atoms in total. The number of ketones is 1. The molecular formula is C13H14ClIN2O. The van der Waals surface area contributed by atoms with Crippen LogP contribution >= 0.6 is 35.0 Å². The van der Waals surface area contributed by atoms with Crippen molar-refractivity contribution in [3.8, 4) is 0 Å². The lowest BCUT2D eigenvalue weighted by atomic mass is 10.0. The number of aromatic nitrogens is 2. The summed E-state index contributed by atoms with van der Waals surface area (Å²) in [6.45, 7) is 1.62. The highest BCUT2D eigenvalue weighted by molar-refractivity contribution is 14.1. The summed E-state index contributed by atoms with van der Waals surface area (Å²) < 4.78 is 3.17. The second-order valence-corrected chi connectivity index (χ2v) is 5.23. The average Bonchev–Trinajstić information content (AvgIpc) is 2.80. The van der Waals surface area contributed by atoms with Crippen LogP contribution in [-0.4, -0.2) is 15.3 Å². The van der Waals surface area contributed by atoms with Crippen molar-refractivity contribution in [1.29, 1.82) is 0 Å². The number of halogens is 2. The Morgan fingerprint density at radius 3 is 2.56 bits per heavy atom. The number of carbonyl (C=O) groups excluding carboxylic acids is 1. The number of Topliss-reactive ketones (excluding diaryl/α,β-unsaturated/α-hetero) is 1. The molecule has 5 heteroatoms. The van der Waals surface area contributed by atoms with Gasteiger partial charge in [-0.2, -0.15) is 0 Å². The molecule has 18 heavy (non-hydrogen) atoms. The van der Waals surface area contributed by atoms with Crippen LogP contribution in [0, 0.1) is 3.57 Å². The number of benzene rings is 1. The lowest BCUT2D eigenvalue weighted by Crippen LogP contribution is -2.12. The van der Waals surface area contributed by atoms with E-state index in [-0.39, 0.29) is 24.2 Å². The van der Waals surface area contributed by atoms with Crippen molar-refractivity contribution in [1.82, 2.24) is 9.55 Å². The van der Waals surface area contributed by atoms with Crippen molar-refractivity contribution >= 4 is 40.8 Å². The third-order valence-corrected chi connectivity index (χ3v) is 3.34. The van der Waals surface area contributed by atoms with Gasteiger partial charge in [-0.3, -0.25) is 4.79 Å². The van der Waals surface area contributed by atoms with E-state index in [0.29, 0.717) is 6.42 Å². The van der Waals surface area contributed by atoms with E-state index in [4.69, 9.17) is 0 Å². The molecule has 1 aromatic carbocycles. The lowest BCUT2D eigenvalue weighted by molar-refractivity contribution is -0.117. The zero-order chi connectivity index (χ0) is 12.3. The first-order chi connectivity index (χ1) is 8.16. The Hall–Kier alpha value is -0.880. The molecule has 96 valence electrons. The molecule has 0 spiro atoms. The Kier molecular flexibility index (Phi) is 5.81. The van der Waals surface area contributed by atoms with Crippen molar-refractivity contribution in [3.05, 3.63) is 52.1 Å². The summed E-state index contributed by atoms with van der Waals surface area (Å²) in [6.07, 6.45) is 5.88. The van der Waals surface area contributed by atoms with E-state index in [1.807, 2.05) is 10.8 Å². The van der Waals surface area contributed by atoms with Crippen LogP contribution in [0.15, 0.2) is 43.0 Å². The molecule has 1 heterocycles. The van der Waals surface area contributed by atoms with E-state index in [9.17, 15) is 4.79 Å². The number of hydrogen-bond donors (Lipinski definition) is 0. The molecule has 1 aromatic heterocycles. The normalized spacial score (nSPS) is 11.7. The molecule has 0 aliphatic heterocycles. The van der Waals surface area contributed by atoms with Crippen LogP contribution in [0.1, 0.15) is 24.9 Å². The quantitative estimate of drug-likeness (QED) is 0.766. The first-order valence-electron chi connectivity index (χ1n) is 5.39. The van der Waals surface area contributed by atoms with Crippen LogP contribution in [0.5, 0.6) is 0 Å². The topological polar surface area (TPSA) is 34.9 Å². The minimum absolute atomic E-state index is 0. The summed E-state index contributed by atoms with van der Waals surface area (Å²) in [5.74, 6) is 0.183.